The third-order valence-electron chi connectivity index (χ3n) is 8.16. The predicted molar refractivity (Wildman–Crippen MR) is 129 cm³/mol. The van der Waals surface area contributed by atoms with Crippen molar-refractivity contribution in [3.05, 3.63) is 66.2 Å². The zero-order valence-electron chi connectivity index (χ0n) is 19.7. The predicted octanol–water partition coefficient (Wildman–Crippen LogP) is 3.56. The molecule has 1 aliphatic carbocycles. The van der Waals surface area contributed by atoms with Crippen molar-refractivity contribution >= 4 is 11.8 Å². The molecule has 3 aliphatic rings. The first-order chi connectivity index (χ1) is 16.6. The van der Waals surface area contributed by atoms with E-state index in [0.717, 1.165) is 45.3 Å². The maximum Gasteiger partial charge on any atom is 0.260 e. The molecule has 2 aliphatic heterocycles. The van der Waals surface area contributed by atoms with Crippen LogP contribution in [0.4, 0.5) is 0 Å². The van der Waals surface area contributed by atoms with Crippen LogP contribution in [0.3, 0.4) is 0 Å². The van der Waals surface area contributed by atoms with Crippen LogP contribution >= 0.6 is 0 Å². The molecule has 6 nitrogen and oxygen atoms in total. The highest BCUT2D eigenvalue weighted by Gasteiger charge is 2.58. The molecular formula is C28H34N2O4. The standard InChI is InChI=1S/C28H34N2O4/c31-25(20-34-23-9-5-2-6-10-23)30-15-11-27(12-16-30)19-24(27)26(32)29-21-28(13-17-33-18-14-28)22-7-3-1-4-8-22/h1-10,24H,11-21H2,(H,29,32)/t24-/m1/s1. The Labute approximate surface area is 201 Å². The van der Waals surface area contributed by atoms with E-state index in [2.05, 4.69) is 29.6 Å². The summed E-state index contributed by atoms with van der Waals surface area (Å²) in [6, 6.07) is 19.9. The molecule has 2 amide bonds. The van der Waals surface area contributed by atoms with E-state index < -0.39 is 0 Å². The SMILES string of the molecule is O=C(NCC1(c2ccccc2)CCOCC1)[C@H]1CC12CCN(C(=O)COc1ccccc1)CC2. The number of hydrogen-bond acceptors (Lipinski definition) is 4. The molecule has 180 valence electrons. The molecule has 2 heterocycles. The number of carbonyl (C=O) groups is 2. The molecule has 2 aromatic rings. The lowest BCUT2D eigenvalue weighted by molar-refractivity contribution is -0.135. The van der Waals surface area contributed by atoms with Crippen LogP contribution in [-0.2, 0) is 19.7 Å². The lowest BCUT2D eigenvalue weighted by Gasteiger charge is -2.38. The summed E-state index contributed by atoms with van der Waals surface area (Å²) >= 11 is 0. The lowest BCUT2D eigenvalue weighted by atomic mass is 9.74. The number of nitrogens with zero attached hydrogens (tertiary/aromatic N) is 1. The zero-order chi connectivity index (χ0) is 23.4. The molecule has 0 radical (unpaired) electrons. The summed E-state index contributed by atoms with van der Waals surface area (Å²) < 4.78 is 11.2. The number of carbonyl (C=O) groups excluding carboxylic acids is 2. The minimum absolute atomic E-state index is 0.0182. The number of para-hydroxylation sites is 1. The van der Waals surface area contributed by atoms with Gasteiger partial charge in [-0.05, 0) is 55.2 Å². The minimum Gasteiger partial charge on any atom is -0.484 e. The molecule has 0 unspecified atom stereocenters. The van der Waals surface area contributed by atoms with E-state index in [-0.39, 0.29) is 35.2 Å². The first-order valence-electron chi connectivity index (χ1n) is 12.5. The van der Waals surface area contributed by atoms with E-state index in [4.69, 9.17) is 9.47 Å². The van der Waals surface area contributed by atoms with Gasteiger partial charge in [-0.15, -0.1) is 0 Å². The maximum absolute atomic E-state index is 13.1. The van der Waals surface area contributed by atoms with E-state index in [1.807, 2.05) is 41.3 Å². The second kappa shape index (κ2) is 9.79. The fourth-order valence-electron chi connectivity index (χ4n) is 5.73. The third-order valence-corrected chi connectivity index (χ3v) is 8.16. The van der Waals surface area contributed by atoms with Crippen LogP contribution in [0.25, 0.3) is 0 Å². The average molecular weight is 463 g/mol. The van der Waals surface area contributed by atoms with Gasteiger partial charge in [-0.3, -0.25) is 9.59 Å². The highest BCUT2D eigenvalue weighted by Crippen LogP contribution is 2.59. The average Bonchev–Trinajstić information content (AvgIpc) is 3.61. The van der Waals surface area contributed by atoms with Gasteiger partial charge in [-0.1, -0.05) is 48.5 Å². The Kier molecular flexibility index (Phi) is 6.59. The first-order valence-corrected chi connectivity index (χ1v) is 12.5. The maximum atomic E-state index is 13.1. The van der Waals surface area contributed by atoms with Crippen molar-refractivity contribution in [3.63, 3.8) is 0 Å². The van der Waals surface area contributed by atoms with Crippen LogP contribution in [0.15, 0.2) is 60.7 Å². The molecule has 2 aromatic carbocycles. The number of likely N-dealkylation sites (tertiary alicyclic amines) is 1. The van der Waals surface area contributed by atoms with E-state index >= 15 is 0 Å². The lowest BCUT2D eigenvalue weighted by Crippen LogP contribution is -2.46. The summed E-state index contributed by atoms with van der Waals surface area (Å²) in [5, 5.41) is 3.30. The van der Waals surface area contributed by atoms with Gasteiger partial charge in [0.2, 0.25) is 5.91 Å². The molecule has 34 heavy (non-hydrogen) atoms. The van der Waals surface area contributed by atoms with Crippen LogP contribution in [0, 0.1) is 11.3 Å². The van der Waals surface area contributed by atoms with Crippen LogP contribution in [0.1, 0.15) is 37.7 Å². The molecule has 1 N–H and O–H groups in total. The molecule has 3 fully saturated rings. The van der Waals surface area contributed by atoms with E-state index in [1.54, 1.807) is 0 Å². The number of nitrogens with one attached hydrogen (secondary N) is 1. The van der Waals surface area contributed by atoms with Crippen molar-refractivity contribution in [2.75, 3.05) is 39.5 Å². The summed E-state index contributed by atoms with van der Waals surface area (Å²) in [4.78, 5) is 27.6. The quantitative estimate of drug-likeness (QED) is 0.683. The summed E-state index contributed by atoms with van der Waals surface area (Å²) in [7, 11) is 0. The Hall–Kier alpha value is -2.86. The van der Waals surface area contributed by atoms with Gasteiger partial charge in [0.25, 0.3) is 5.91 Å². The highest BCUT2D eigenvalue weighted by molar-refractivity contribution is 5.83. The molecule has 1 atom stereocenters. The summed E-state index contributed by atoms with van der Waals surface area (Å²) in [6.07, 6.45) is 4.56. The molecule has 0 aromatic heterocycles. The van der Waals surface area contributed by atoms with Crippen molar-refractivity contribution in [1.29, 1.82) is 0 Å². The van der Waals surface area contributed by atoms with E-state index in [1.165, 1.54) is 5.56 Å². The van der Waals surface area contributed by atoms with E-state index in [0.29, 0.717) is 25.4 Å². The topological polar surface area (TPSA) is 67.9 Å². The molecule has 6 heteroatoms. The Morgan fingerprint density at radius 3 is 2.26 bits per heavy atom. The van der Waals surface area contributed by atoms with Crippen molar-refractivity contribution in [2.45, 2.75) is 37.5 Å². The Morgan fingerprint density at radius 1 is 0.941 bits per heavy atom. The van der Waals surface area contributed by atoms with Gasteiger partial charge >= 0.3 is 0 Å². The van der Waals surface area contributed by atoms with Crippen molar-refractivity contribution in [2.24, 2.45) is 11.3 Å². The smallest absolute Gasteiger partial charge is 0.260 e. The number of ether oxygens (including phenoxy) is 2. The Morgan fingerprint density at radius 2 is 1.59 bits per heavy atom. The second-order valence-electron chi connectivity index (χ2n) is 10.1. The molecular weight excluding hydrogens is 428 g/mol. The second-order valence-corrected chi connectivity index (χ2v) is 10.1. The van der Waals surface area contributed by atoms with Gasteiger partial charge in [0.05, 0.1) is 0 Å². The highest BCUT2D eigenvalue weighted by atomic mass is 16.5. The molecule has 1 spiro atoms. The van der Waals surface area contributed by atoms with Gasteiger partial charge in [0.1, 0.15) is 5.75 Å². The number of rotatable bonds is 7. The Balaban J connectivity index is 1.11. The summed E-state index contributed by atoms with van der Waals surface area (Å²) in [5.41, 5.74) is 1.30. The fourth-order valence-corrected chi connectivity index (χ4v) is 5.73. The number of amides is 2. The molecule has 2 saturated heterocycles. The van der Waals surface area contributed by atoms with Crippen molar-refractivity contribution < 1.29 is 19.1 Å². The molecule has 0 bridgehead atoms. The minimum atomic E-state index is -0.0498. The number of hydrogen-bond donors (Lipinski definition) is 1. The number of benzene rings is 2. The summed E-state index contributed by atoms with van der Waals surface area (Å²) in [6.45, 7) is 3.59. The normalized spacial score (nSPS) is 22.7. The molecule has 5 rings (SSSR count). The van der Waals surface area contributed by atoms with Crippen molar-refractivity contribution in [3.8, 4) is 5.75 Å². The van der Waals surface area contributed by atoms with Crippen LogP contribution in [0.5, 0.6) is 5.75 Å². The van der Waals surface area contributed by atoms with Crippen LogP contribution < -0.4 is 10.1 Å². The van der Waals surface area contributed by atoms with Gasteiger partial charge < -0.3 is 19.7 Å². The zero-order valence-corrected chi connectivity index (χ0v) is 19.7. The summed E-state index contributed by atoms with van der Waals surface area (Å²) in [5.74, 6) is 0.970. The molecule has 1 saturated carbocycles. The Bertz CT molecular complexity index is 980. The van der Waals surface area contributed by atoms with Crippen LogP contribution in [0.2, 0.25) is 0 Å². The largest absolute Gasteiger partial charge is 0.484 e. The van der Waals surface area contributed by atoms with E-state index in [9.17, 15) is 9.59 Å². The van der Waals surface area contributed by atoms with Gasteiger partial charge in [0, 0.05) is 44.2 Å². The van der Waals surface area contributed by atoms with Gasteiger partial charge in [0.15, 0.2) is 6.61 Å². The van der Waals surface area contributed by atoms with Crippen LogP contribution in [-0.4, -0.2) is 56.2 Å². The monoisotopic (exact) mass is 462 g/mol. The first kappa shape index (κ1) is 22.9. The third kappa shape index (κ3) is 4.83. The number of piperidine rings is 1. The van der Waals surface area contributed by atoms with Gasteiger partial charge in [-0.2, -0.15) is 0 Å². The fraction of sp³-hybridized carbons (Fsp3) is 0.500. The van der Waals surface area contributed by atoms with Gasteiger partial charge in [-0.25, -0.2) is 0 Å². The van der Waals surface area contributed by atoms with Crippen molar-refractivity contribution in [1.82, 2.24) is 10.2 Å².